The summed E-state index contributed by atoms with van der Waals surface area (Å²) in [5, 5.41) is 41.4. The van der Waals surface area contributed by atoms with E-state index < -0.39 is 44.5 Å². The average Bonchev–Trinajstić information content (AvgIpc) is 3.62. The van der Waals surface area contributed by atoms with Crippen molar-refractivity contribution in [1.82, 2.24) is 20.3 Å². The molecule has 332 valence electrons. The number of hydrogen-bond donors (Lipinski definition) is 6. The highest BCUT2D eigenvalue weighted by Gasteiger charge is 2.44. The highest BCUT2D eigenvalue weighted by molar-refractivity contribution is 7.51. The van der Waals surface area contributed by atoms with E-state index in [2.05, 4.69) is 22.2 Å². The minimum absolute atomic E-state index is 0.0385. The van der Waals surface area contributed by atoms with Crippen LogP contribution in [0.1, 0.15) is 31.9 Å². The molecule has 0 bridgehead atoms. The van der Waals surface area contributed by atoms with Gasteiger partial charge >= 0.3 is 7.60 Å². The Bertz CT molecular complexity index is 1210. The molecular formula is C35H65N4O17P. The summed E-state index contributed by atoms with van der Waals surface area (Å²) in [6.45, 7) is 12.9. The molecule has 6 atom stereocenters. The van der Waals surface area contributed by atoms with Gasteiger partial charge in [-0.1, -0.05) is 11.3 Å². The number of nitrogens with zero attached hydrogens (tertiary/aromatic N) is 3. The third-order valence-corrected chi connectivity index (χ3v) is 8.91. The molecule has 21 nitrogen and oxygen atoms in total. The lowest BCUT2D eigenvalue weighted by molar-refractivity contribution is -0.296. The van der Waals surface area contributed by atoms with E-state index in [-0.39, 0.29) is 25.0 Å². The zero-order valence-corrected chi connectivity index (χ0v) is 33.9. The molecule has 2 rings (SSSR count). The van der Waals surface area contributed by atoms with Gasteiger partial charge in [-0.25, -0.2) is 4.68 Å². The molecule has 1 fully saturated rings. The van der Waals surface area contributed by atoms with Crippen molar-refractivity contribution in [3.05, 3.63) is 24.5 Å². The Morgan fingerprint density at radius 3 is 1.79 bits per heavy atom. The second-order valence-electron chi connectivity index (χ2n) is 12.9. The van der Waals surface area contributed by atoms with E-state index in [9.17, 15) is 24.7 Å². The maximum Gasteiger partial charge on any atom is 0.325 e. The van der Waals surface area contributed by atoms with Crippen LogP contribution in [0.4, 0.5) is 0 Å². The van der Waals surface area contributed by atoms with Gasteiger partial charge in [0.25, 0.3) is 0 Å². The smallest absolute Gasteiger partial charge is 0.325 e. The third-order valence-electron chi connectivity index (χ3n) is 8.07. The molecule has 1 aromatic rings. The lowest BCUT2D eigenvalue weighted by Crippen LogP contribution is -2.58. The van der Waals surface area contributed by atoms with E-state index in [1.807, 2.05) is 6.92 Å². The third kappa shape index (κ3) is 25.9. The Morgan fingerprint density at radius 1 is 0.807 bits per heavy atom. The van der Waals surface area contributed by atoms with E-state index in [0.717, 1.165) is 6.42 Å². The largest absolute Gasteiger partial charge is 0.388 e. The molecule has 0 radical (unpaired) electrons. The molecule has 57 heavy (non-hydrogen) atoms. The van der Waals surface area contributed by atoms with Crippen LogP contribution in [-0.4, -0.2) is 201 Å². The van der Waals surface area contributed by atoms with Gasteiger partial charge in [0, 0.05) is 25.1 Å². The summed E-state index contributed by atoms with van der Waals surface area (Å²) in [5.74, 6) is -0.0385. The van der Waals surface area contributed by atoms with Crippen molar-refractivity contribution in [2.75, 3.05) is 118 Å². The number of hydrogen-bond acceptors (Lipinski definition) is 17. The minimum atomic E-state index is -4.34. The second kappa shape index (κ2) is 31.8. The van der Waals surface area contributed by atoms with Crippen LogP contribution in [0, 0.1) is 0 Å². The summed E-state index contributed by atoms with van der Waals surface area (Å²) >= 11 is 0. The van der Waals surface area contributed by atoms with E-state index in [1.54, 1.807) is 17.0 Å². The van der Waals surface area contributed by atoms with E-state index in [4.69, 9.17) is 57.2 Å². The topological polar surface area (TPSA) is 270 Å². The molecule has 2 heterocycles. The molecule has 0 saturated carbocycles. The molecule has 1 saturated heterocycles. The number of nitrogens with one attached hydrogen (secondary N) is 1. The lowest BCUT2D eigenvalue weighted by Gasteiger charge is -2.40. The molecule has 1 amide bonds. The van der Waals surface area contributed by atoms with Crippen LogP contribution in [0.25, 0.3) is 0 Å². The van der Waals surface area contributed by atoms with Crippen LogP contribution in [0.15, 0.2) is 18.9 Å². The van der Waals surface area contributed by atoms with Gasteiger partial charge in [0.1, 0.15) is 18.3 Å². The molecule has 1 aliphatic heterocycles. The van der Waals surface area contributed by atoms with Gasteiger partial charge < -0.3 is 77.8 Å². The number of carbonyl (C=O) groups is 1. The van der Waals surface area contributed by atoms with Crippen molar-refractivity contribution in [1.29, 1.82) is 0 Å². The molecule has 0 aromatic carbocycles. The summed E-state index contributed by atoms with van der Waals surface area (Å²) < 4.78 is 67.6. The Morgan fingerprint density at radius 2 is 1.30 bits per heavy atom. The number of rotatable bonds is 37. The van der Waals surface area contributed by atoms with Gasteiger partial charge in [-0.15, -0.1) is 11.7 Å². The quantitative estimate of drug-likeness (QED) is 0.0261. The fourth-order valence-electron chi connectivity index (χ4n) is 5.05. The maximum absolute atomic E-state index is 11.7. The molecule has 0 spiro atoms. The number of aliphatic hydroxyl groups is 3. The van der Waals surface area contributed by atoms with E-state index in [0.29, 0.717) is 131 Å². The fraction of sp³-hybridized carbons (Fsp3) is 0.857. The minimum Gasteiger partial charge on any atom is -0.388 e. The molecule has 1 aliphatic rings. The van der Waals surface area contributed by atoms with Gasteiger partial charge in [-0.2, -0.15) is 0 Å². The molecular weight excluding hydrogens is 779 g/mol. The fourth-order valence-corrected chi connectivity index (χ4v) is 5.64. The first-order chi connectivity index (χ1) is 27.5. The Kier molecular flexibility index (Phi) is 28.6. The lowest BCUT2D eigenvalue weighted by atomic mass is 9.97. The summed E-state index contributed by atoms with van der Waals surface area (Å²) in [5.41, 5.74) is 0.603. The first kappa shape index (κ1) is 51.1. The van der Waals surface area contributed by atoms with Crippen LogP contribution in [0.2, 0.25) is 0 Å². The maximum atomic E-state index is 11.7. The van der Waals surface area contributed by atoms with Crippen molar-refractivity contribution in [3.63, 3.8) is 0 Å². The number of carbonyl (C=O) groups excluding carboxylic acids is 1. The molecule has 0 aliphatic carbocycles. The summed E-state index contributed by atoms with van der Waals surface area (Å²) in [6, 6.07) is 0.0759. The number of amides is 1. The van der Waals surface area contributed by atoms with Crippen LogP contribution in [0.3, 0.4) is 0 Å². The van der Waals surface area contributed by atoms with Crippen molar-refractivity contribution >= 4 is 13.5 Å². The number of aliphatic hydroxyl groups excluding tert-OH is 3. The van der Waals surface area contributed by atoms with Gasteiger partial charge in [-0.3, -0.25) is 9.36 Å². The van der Waals surface area contributed by atoms with E-state index >= 15 is 0 Å². The number of ether oxygens (including phenoxy) is 10. The molecule has 1 aromatic heterocycles. The standard InChI is InChI=1S/C35H65N4O17P/c1-3-4-28(2)36-31(40)6-9-47-12-14-49-16-18-51-20-22-53-24-25-54-23-21-52-19-17-50-15-13-48-11-8-39-27-29(37-38-39)5-10-55-35-34(43)33(42)32(41)30(56-35)7-26-57(44,45)46/h3,27-28,30,32-35,41-43H,1,4-26H2,2H3,(H,36,40)(H2,44,45,46)/t28?,30-,32-,33+,34+,35+/m1/s1. The van der Waals surface area contributed by atoms with Gasteiger partial charge in [-0.05, 0) is 19.8 Å². The molecule has 22 heteroatoms. The normalized spacial score (nSPS) is 20.5. The SMILES string of the molecule is C=CCC(C)NC(=O)CCOCCOCCOCCOCCOCCOCCOCCOCCn1cc(CCO[C@H]2O[C@H](CCP(=O)(O)O)[C@@H](O)[C@H](O)[C@@H]2O)nn1. The van der Waals surface area contributed by atoms with Crippen LogP contribution in [-0.2, 0) is 69.7 Å². The van der Waals surface area contributed by atoms with Gasteiger partial charge in [0.2, 0.25) is 5.91 Å². The van der Waals surface area contributed by atoms with Crippen molar-refractivity contribution in [3.8, 4) is 0 Å². The zero-order valence-electron chi connectivity index (χ0n) is 33.0. The summed E-state index contributed by atoms with van der Waals surface area (Å²) in [7, 11) is -4.34. The summed E-state index contributed by atoms with van der Waals surface area (Å²) in [4.78, 5) is 29.9. The summed E-state index contributed by atoms with van der Waals surface area (Å²) in [6.07, 6.45) is -2.98. The Balaban J connectivity index is 1.30. The predicted octanol–water partition coefficient (Wildman–Crippen LogP) is -1.18. The highest BCUT2D eigenvalue weighted by atomic mass is 31.2. The van der Waals surface area contributed by atoms with Crippen LogP contribution >= 0.6 is 7.60 Å². The van der Waals surface area contributed by atoms with Crippen molar-refractivity contribution < 1.29 is 81.8 Å². The number of aromatic nitrogens is 3. The molecule has 6 N–H and O–H groups in total. The Labute approximate surface area is 334 Å². The van der Waals surface area contributed by atoms with Crippen molar-refractivity contribution in [2.45, 2.75) is 75.9 Å². The van der Waals surface area contributed by atoms with Gasteiger partial charge in [0.05, 0.1) is 137 Å². The van der Waals surface area contributed by atoms with Gasteiger partial charge in [0.15, 0.2) is 6.29 Å². The monoisotopic (exact) mass is 844 g/mol. The second-order valence-corrected chi connectivity index (χ2v) is 14.7. The Hall–Kier alpha value is -2.02. The zero-order chi connectivity index (χ0) is 41.6. The van der Waals surface area contributed by atoms with E-state index in [1.165, 1.54) is 0 Å². The predicted molar refractivity (Wildman–Crippen MR) is 201 cm³/mol. The molecule has 1 unspecified atom stereocenters. The first-order valence-corrected chi connectivity index (χ1v) is 21.1. The average molecular weight is 845 g/mol. The first-order valence-electron chi connectivity index (χ1n) is 19.3. The van der Waals surface area contributed by atoms with Crippen molar-refractivity contribution in [2.24, 2.45) is 0 Å². The highest BCUT2D eigenvalue weighted by Crippen LogP contribution is 2.37. The van der Waals surface area contributed by atoms with Crippen LogP contribution < -0.4 is 5.32 Å². The van der Waals surface area contributed by atoms with Crippen LogP contribution in [0.5, 0.6) is 0 Å².